The number of morpholine rings is 1. The minimum Gasteiger partial charge on any atom is -0.447 e. The molecule has 2 saturated heterocycles. The topological polar surface area (TPSA) is 85.1 Å². The molecule has 0 N–H and O–H groups in total. The molecular formula is C18H20FN3O5. The highest BCUT2D eigenvalue weighted by Crippen LogP contribution is 2.38. The van der Waals surface area contributed by atoms with Gasteiger partial charge in [-0.05, 0) is 26.8 Å². The Morgan fingerprint density at radius 2 is 1.96 bits per heavy atom. The van der Waals surface area contributed by atoms with Crippen molar-refractivity contribution < 1.29 is 28.0 Å². The Morgan fingerprint density at radius 1 is 1.26 bits per heavy atom. The number of aldehydes is 1. The quantitative estimate of drug-likeness (QED) is 0.760. The Hall–Kier alpha value is -2.68. The van der Waals surface area contributed by atoms with E-state index in [1.807, 2.05) is 13.8 Å². The first-order chi connectivity index (χ1) is 12.9. The molecular weight excluding hydrogens is 357 g/mol. The van der Waals surface area contributed by atoms with Crippen LogP contribution in [0.1, 0.15) is 31.1 Å². The van der Waals surface area contributed by atoms with Gasteiger partial charge in [0.1, 0.15) is 6.61 Å². The van der Waals surface area contributed by atoms with Crippen molar-refractivity contribution in [3.05, 3.63) is 17.4 Å². The zero-order valence-corrected chi connectivity index (χ0v) is 15.3. The molecule has 2 aliphatic heterocycles. The summed E-state index contributed by atoms with van der Waals surface area (Å²) in [6.07, 6.45) is -0.182. The molecule has 0 unspecified atom stereocenters. The number of rotatable bonds is 3. The van der Waals surface area contributed by atoms with E-state index in [0.29, 0.717) is 19.4 Å². The summed E-state index contributed by atoms with van der Waals surface area (Å²) in [5.41, 5.74) is 0.245. The number of halogens is 1. The van der Waals surface area contributed by atoms with Crippen LogP contribution in [0, 0.1) is 5.82 Å². The maximum absolute atomic E-state index is 15.3. The van der Waals surface area contributed by atoms with Crippen LogP contribution in [0.2, 0.25) is 0 Å². The molecule has 0 saturated carbocycles. The molecule has 1 aromatic carbocycles. The largest absolute Gasteiger partial charge is 0.447 e. The third-order valence-corrected chi connectivity index (χ3v) is 4.87. The molecule has 2 fully saturated rings. The summed E-state index contributed by atoms with van der Waals surface area (Å²) in [6, 6.07) is 1.24. The second-order valence-electron chi connectivity index (χ2n) is 7.09. The Bertz CT molecular complexity index is 904. The molecule has 1 amide bonds. The summed E-state index contributed by atoms with van der Waals surface area (Å²) in [4.78, 5) is 26.8. The minimum atomic E-state index is -0.671. The van der Waals surface area contributed by atoms with Gasteiger partial charge in [0, 0.05) is 18.7 Å². The second kappa shape index (κ2) is 6.49. The summed E-state index contributed by atoms with van der Waals surface area (Å²) in [7, 11) is 0. The number of aromatic nitrogens is 1. The first-order valence-electron chi connectivity index (χ1n) is 8.84. The Kier molecular flexibility index (Phi) is 4.26. The lowest BCUT2D eigenvalue weighted by atomic mass is 10.1. The van der Waals surface area contributed by atoms with E-state index < -0.39 is 11.9 Å². The van der Waals surface area contributed by atoms with E-state index in [9.17, 15) is 9.59 Å². The van der Waals surface area contributed by atoms with Crippen molar-refractivity contribution in [3.63, 3.8) is 0 Å². The van der Waals surface area contributed by atoms with Crippen molar-refractivity contribution in [3.8, 4) is 0 Å². The van der Waals surface area contributed by atoms with Gasteiger partial charge in [-0.1, -0.05) is 5.16 Å². The number of anilines is 2. The molecule has 0 radical (unpaired) electrons. The normalized spacial score (nSPS) is 25.9. The highest BCUT2D eigenvalue weighted by molar-refractivity contribution is 6.03. The van der Waals surface area contributed by atoms with Gasteiger partial charge in [0.2, 0.25) is 5.58 Å². The maximum atomic E-state index is 15.3. The van der Waals surface area contributed by atoms with Crippen LogP contribution in [0.4, 0.5) is 20.7 Å². The predicted molar refractivity (Wildman–Crippen MR) is 94.9 cm³/mol. The third kappa shape index (κ3) is 2.82. The SMILES string of the molecule is C[C@@H]1CN(c2c(C=O)cc3c(N4C(=O)OC[C@@H]4C)noc3c2F)C[C@@H](C)O1. The summed E-state index contributed by atoms with van der Waals surface area (Å²) in [6.45, 7) is 6.68. The van der Waals surface area contributed by atoms with E-state index in [1.165, 1.54) is 11.0 Å². The van der Waals surface area contributed by atoms with E-state index in [2.05, 4.69) is 5.16 Å². The molecule has 0 spiro atoms. The summed E-state index contributed by atoms with van der Waals surface area (Å²) >= 11 is 0. The highest BCUT2D eigenvalue weighted by Gasteiger charge is 2.36. The van der Waals surface area contributed by atoms with E-state index in [-0.39, 0.29) is 52.9 Å². The zero-order chi connectivity index (χ0) is 19.3. The molecule has 2 aliphatic rings. The molecule has 144 valence electrons. The molecule has 1 aromatic heterocycles. The number of carbonyl (C=O) groups is 2. The van der Waals surface area contributed by atoms with Gasteiger partial charge < -0.3 is 18.9 Å². The van der Waals surface area contributed by atoms with E-state index in [1.54, 1.807) is 11.8 Å². The molecule has 27 heavy (non-hydrogen) atoms. The van der Waals surface area contributed by atoms with Crippen LogP contribution < -0.4 is 9.80 Å². The van der Waals surface area contributed by atoms with Crippen LogP contribution in [0.15, 0.2) is 10.6 Å². The number of carbonyl (C=O) groups excluding carboxylic acids is 2. The first kappa shape index (κ1) is 17.7. The molecule has 0 bridgehead atoms. The summed E-state index contributed by atoms with van der Waals surface area (Å²) in [5.74, 6) is -0.521. The van der Waals surface area contributed by atoms with Gasteiger partial charge in [-0.15, -0.1) is 0 Å². The zero-order valence-electron chi connectivity index (χ0n) is 15.3. The van der Waals surface area contributed by atoms with Gasteiger partial charge in [-0.25, -0.2) is 9.18 Å². The van der Waals surface area contributed by atoms with E-state index >= 15 is 4.39 Å². The van der Waals surface area contributed by atoms with Crippen LogP contribution in [-0.4, -0.2) is 55.5 Å². The lowest BCUT2D eigenvalue weighted by Crippen LogP contribution is -2.46. The van der Waals surface area contributed by atoms with Crippen molar-refractivity contribution in [1.29, 1.82) is 0 Å². The molecule has 3 atom stereocenters. The van der Waals surface area contributed by atoms with Crippen LogP contribution >= 0.6 is 0 Å². The first-order valence-corrected chi connectivity index (χ1v) is 8.84. The fourth-order valence-corrected chi connectivity index (χ4v) is 3.79. The molecule has 4 rings (SSSR count). The fraction of sp³-hybridized carbons (Fsp3) is 0.500. The monoisotopic (exact) mass is 377 g/mol. The van der Waals surface area contributed by atoms with Crippen molar-refractivity contribution >= 4 is 34.9 Å². The number of benzene rings is 1. The highest BCUT2D eigenvalue weighted by atomic mass is 19.1. The minimum absolute atomic E-state index is 0.0932. The number of cyclic esters (lactones) is 1. The average Bonchev–Trinajstić information content (AvgIpc) is 3.16. The van der Waals surface area contributed by atoms with Crippen molar-refractivity contribution in [2.75, 3.05) is 29.5 Å². The fourth-order valence-electron chi connectivity index (χ4n) is 3.79. The number of fused-ring (bicyclic) bond motifs is 1. The van der Waals surface area contributed by atoms with E-state index in [4.69, 9.17) is 14.0 Å². The number of hydrogen-bond donors (Lipinski definition) is 0. The lowest BCUT2D eigenvalue weighted by molar-refractivity contribution is -0.00543. The summed E-state index contributed by atoms with van der Waals surface area (Å²) in [5, 5.41) is 4.14. The molecule has 0 aliphatic carbocycles. The van der Waals surface area contributed by atoms with Crippen LogP contribution in [0.3, 0.4) is 0 Å². The predicted octanol–water partition coefficient (Wildman–Crippen LogP) is 2.74. The number of ether oxygens (including phenoxy) is 2. The van der Waals surface area contributed by atoms with Gasteiger partial charge in [-0.2, -0.15) is 0 Å². The van der Waals surface area contributed by atoms with Crippen molar-refractivity contribution in [1.82, 2.24) is 5.16 Å². The van der Waals surface area contributed by atoms with Gasteiger partial charge in [0.15, 0.2) is 17.9 Å². The van der Waals surface area contributed by atoms with Crippen LogP contribution in [-0.2, 0) is 9.47 Å². The standard InChI is InChI=1S/C18H20FN3O5/c1-9-8-25-18(24)22(9)17-13-4-12(7-23)15(14(19)16(13)27-20-17)21-5-10(2)26-11(3)6-21/h4,7,9-11H,5-6,8H2,1-3H3/t9-,10+,11+/m0/s1. The molecule has 8 nitrogen and oxygen atoms in total. The Balaban J connectivity index is 1.84. The van der Waals surface area contributed by atoms with Gasteiger partial charge in [-0.3, -0.25) is 9.69 Å². The van der Waals surface area contributed by atoms with Crippen LogP contribution in [0.25, 0.3) is 11.0 Å². The van der Waals surface area contributed by atoms with E-state index in [0.717, 1.165) is 0 Å². The van der Waals surface area contributed by atoms with Crippen molar-refractivity contribution in [2.24, 2.45) is 0 Å². The lowest BCUT2D eigenvalue weighted by Gasteiger charge is -2.37. The Morgan fingerprint density at radius 3 is 2.56 bits per heavy atom. The number of hydrogen-bond acceptors (Lipinski definition) is 7. The van der Waals surface area contributed by atoms with Crippen LogP contribution in [0.5, 0.6) is 0 Å². The molecule has 3 heterocycles. The average molecular weight is 377 g/mol. The van der Waals surface area contributed by atoms with Gasteiger partial charge in [0.05, 0.1) is 29.3 Å². The third-order valence-electron chi connectivity index (χ3n) is 4.87. The molecule has 2 aromatic rings. The van der Waals surface area contributed by atoms with Gasteiger partial charge in [0.25, 0.3) is 0 Å². The summed E-state index contributed by atoms with van der Waals surface area (Å²) < 4.78 is 31.3. The van der Waals surface area contributed by atoms with Crippen molar-refractivity contribution in [2.45, 2.75) is 39.0 Å². The maximum Gasteiger partial charge on any atom is 0.416 e. The number of nitrogens with zero attached hydrogens (tertiary/aromatic N) is 3. The molecule has 9 heteroatoms. The van der Waals surface area contributed by atoms with Gasteiger partial charge >= 0.3 is 6.09 Å². The second-order valence-corrected chi connectivity index (χ2v) is 7.09. The number of amides is 1. The smallest absolute Gasteiger partial charge is 0.416 e. The Labute approximate surface area is 154 Å².